The minimum absolute atomic E-state index is 0.0349. The fourth-order valence-electron chi connectivity index (χ4n) is 2.87. The number of carbonyl (C=O) groups excluding carboxylic acids is 1. The molecule has 0 atom stereocenters. The minimum atomic E-state index is -0.448. The Bertz CT molecular complexity index is 571. The number of hydrogen-bond acceptors (Lipinski definition) is 4. The van der Waals surface area contributed by atoms with Gasteiger partial charge >= 0.3 is 0 Å². The van der Waals surface area contributed by atoms with Gasteiger partial charge in [0.2, 0.25) is 5.91 Å². The zero-order valence-electron chi connectivity index (χ0n) is 16.5. The van der Waals surface area contributed by atoms with E-state index in [2.05, 4.69) is 17.5 Å². The number of carbonyl (C=O) groups is 1. The molecule has 0 aliphatic carbocycles. The lowest BCUT2D eigenvalue weighted by atomic mass is 10.1. The van der Waals surface area contributed by atoms with E-state index in [0.29, 0.717) is 12.0 Å². The molecule has 6 nitrogen and oxygen atoms in total. The van der Waals surface area contributed by atoms with Crippen molar-refractivity contribution in [3.05, 3.63) is 39.9 Å². The largest absolute Gasteiger partial charge is 0.273 e. The van der Waals surface area contributed by atoms with E-state index in [-0.39, 0.29) is 11.6 Å². The van der Waals surface area contributed by atoms with Gasteiger partial charge in [-0.15, -0.1) is 0 Å². The summed E-state index contributed by atoms with van der Waals surface area (Å²) in [5, 5.41) is 14.5. The Morgan fingerprint density at radius 1 is 0.963 bits per heavy atom. The van der Waals surface area contributed by atoms with Gasteiger partial charge in [0.1, 0.15) is 0 Å². The Balaban J connectivity index is 2.00. The lowest BCUT2D eigenvalue weighted by Crippen LogP contribution is -2.16. The van der Waals surface area contributed by atoms with Crippen LogP contribution in [0.3, 0.4) is 0 Å². The van der Waals surface area contributed by atoms with Crippen LogP contribution in [0.15, 0.2) is 29.4 Å². The number of unbranched alkanes of at least 4 members (excludes halogenated alkanes) is 10. The number of rotatable bonds is 15. The maximum absolute atomic E-state index is 11.7. The third kappa shape index (κ3) is 11.9. The summed E-state index contributed by atoms with van der Waals surface area (Å²) in [5.41, 5.74) is 3.24. The molecule has 1 amide bonds. The molecular weight excluding hydrogens is 342 g/mol. The van der Waals surface area contributed by atoms with Gasteiger partial charge in [0, 0.05) is 18.6 Å². The van der Waals surface area contributed by atoms with Crippen LogP contribution in [0.25, 0.3) is 0 Å². The lowest BCUT2D eigenvalue weighted by molar-refractivity contribution is -0.384. The number of hydrogen-bond donors (Lipinski definition) is 1. The number of nitro groups is 1. The molecule has 1 rings (SSSR count). The second-order valence-corrected chi connectivity index (χ2v) is 6.93. The molecule has 27 heavy (non-hydrogen) atoms. The molecule has 0 radical (unpaired) electrons. The fraction of sp³-hybridized carbons (Fsp3) is 0.619. The van der Waals surface area contributed by atoms with Crippen molar-refractivity contribution in [3.63, 3.8) is 0 Å². The maximum Gasteiger partial charge on any atom is 0.269 e. The molecule has 0 unspecified atom stereocenters. The van der Waals surface area contributed by atoms with Crippen molar-refractivity contribution < 1.29 is 9.72 Å². The van der Waals surface area contributed by atoms with Gasteiger partial charge in [-0.05, 0) is 24.1 Å². The van der Waals surface area contributed by atoms with Crippen molar-refractivity contribution in [2.45, 2.75) is 84.0 Å². The average Bonchev–Trinajstić information content (AvgIpc) is 2.66. The van der Waals surface area contributed by atoms with E-state index in [4.69, 9.17) is 0 Å². The molecule has 1 N–H and O–H groups in total. The first-order valence-electron chi connectivity index (χ1n) is 10.2. The zero-order chi connectivity index (χ0) is 19.7. The second-order valence-electron chi connectivity index (χ2n) is 6.93. The topological polar surface area (TPSA) is 84.6 Å². The number of non-ortho nitro benzene ring substituents is 1. The van der Waals surface area contributed by atoms with E-state index in [0.717, 1.165) is 12.8 Å². The number of nitro benzene ring substituents is 1. The molecule has 0 aliphatic heterocycles. The Hall–Kier alpha value is -2.24. The summed E-state index contributed by atoms with van der Waals surface area (Å²) in [6, 6.07) is 6.01. The van der Waals surface area contributed by atoms with Crippen LogP contribution in [-0.2, 0) is 4.79 Å². The summed E-state index contributed by atoms with van der Waals surface area (Å²) in [5.74, 6) is -0.0934. The van der Waals surface area contributed by atoms with E-state index >= 15 is 0 Å². The van der Waals surface area contributed by atoms with Crippen molar-refractivity contribution >= 4 is 17.8 Å². The van der Waals surface area contributed by atoms with Crippen molar-refractivity contribution in [1.82, 2.24) is 5.43 Å². The van der Waals surface area contributed by atoms with E-state index < -0.39 is 4.92 Å². The molecule has 0 heterocycles. The average molecular weight is 376 g/mol. The van der Waals surface area contributed by atoms with Crippen LogP contribution in [0.4, 0.5) is 5.69 Å². The van der Waals surface area contributed by atoms with E-state index in [1.807, 2.05) is 0 Å². The minimum Gasteiger partial charge on any atom is -0.273 e. The Morgan fingerprint density at radius 3 is 2.00 bits per heavy atom. The smallest absolute Gasteiger partial charge is 0.269 e. The van der Waals surface area contributed by atoms with E-state index in [1.165, 1.54) is 76.1 Å². The first kappa shape index (κ1) is 22.8. The molecule has 0 aliphatic rings. The van der Waals surface area contributed by atoms with Gasteiger partial charge in [-0.25, -0.2) is 5.43 Å². The van der Waals surface area contributed by atoms with Crippen LogP contribution in [0.5, 0.6) is 0 Å². The Kier molecular flexibility index (Phi) is 12.6. The number of nitrogens with zero attached hydrogens (tertiary/aromatic N) is 2. The second kappa shape index (κ2) is 14.9. The van der Waals surface area contributed by atoms with Gasteiger partial charge in [0.15, 0.2) is 0 Å². The highest BCUT2D eigenvalue weighted by atomic mass is 16.6. The molecule has 0 saturated heterocycles. The first-order chi connectivity index (χ1) is 13.1. The fourth-order valence-corrected chi connectivity index (χ4v) is 2.87. The van der Waals surface area contributed by atoms with Gasteiger partial charge < -0.3 is 0 Å². The van der Waals surface area contributed by atoms with Crippen molar-refractivity contribution in [2.24, 2.45) is 5.10 Å². The van der Waals surface area contributed by atoms with Crippen LogP contribution < -0.4 is 5.43 Å². The van der Waals surface area contributed by atoms with Crippen LogP contribution in [0.2, 0.25) is 0 Å². The number of benzene rings is 1. The summed E-state index contributed by atoms with van der Waals surface area (Å²) in [6.07, 6.45) is 15.8. The van der Waals surface area contributed by atoms with Crippen LogP contribution in [-0.4, -0.2) is 17.0 Å². The molecule has 1 aromatic carbocycles. The van der Waals surface area contributed by atoms with E-state index in [9.17, 15) is 14.9 Å². The molecule has 1 aromatic rings. The van der Waals surface area contributed by atoms with Gasteiger partial charge in [-0.3, -0.25) is 14.9 Å². The van der Waals surface area contributed by atoms with Crippen LogP contribution >= 0.6 is 0 Å². The summed E-state index contributed by atoms with van der Waals surface area (Å²) >= 11 is 0. The third-order valence-corrected chi connectivity index (χ3v) is 4.51. The maximum atomic E-state index is 11.7. The van der Waals surface area contributed by atoms with E-state index in [1.54, 1.807) is 12.1 Å². The monoisotopic (exact) mass is 375 g/mol. The molecule has 0 spiro atoms. The van der Waals surface area contributed by atoms with Crippen LogP contribution in [0.1, 0.15) is 89.5 Å². The first-order valence-corrected chi connectivity index (χ1v) is 10.2. The Morgan fingerprint density at radius 2 is 1.48 bits per heavy atom. The lowest BCUT2D eigenvalue weighted by Gasteiger charge is -2.02. The van der Waals surface area contributed by atoms with Gasteiger partial charge in [-0.2, -0.15) is 5.10 Å². The SMILES string of the molecule is CCCCCCCCCCCCCC(=O)NN=Cc1ccc([N+](=O)[O-])cc1. The van der Waals surface area contributed by atoms with Gasteiger partial charge in [-0.1, -0.05) is 71.1 Å². The highest BCUT2D eigenvalue weighted by molar-refractivity contribution is 5.82. The number of hydrazone groups is 1. The summed E-state index contributed by atoms with van der Waals surface area (Å²) < 4.78 is 0. The molecule has 150 valence electrons. The summed E-state index contributed by atoms with van der Waals surface area (Å²) in [7, 11) is 0. The van der Waals surface area contributed by atoms with Crippen molar-refractivity contribution in [2.75, 3.05) is 0 Å². The number of amides is 1. The zero-order valence-corrected chi connectivity index (χ0v) is 16.5. The predicted octanol–water partition coefficient (Wildman–Crippen LogP) is 5.75. The molecule has 0 fully saturated rings. The highest BCUT2D eigenvalue weighted by Crippen LogP contribution is 2.12. The molecule has 0 aromatic heterocycles. The molecule has 6 heteroatoms. The van der Waals surface area contributed by atoms with Crippen molar-refractivity contribution in [3.8, 4) is 0 Å². The molecular formula is C21H33N3O3. The molecule has 0 bridgehead atoms. The Labute approximate surface area is 162 Å². The quantitative estimate of drug-likeness (QED) is 0.183. The normalized spacial score (nSPS) is 11.0. The third-order valence-electron chi connectivity index (χ3n) is 4.51. The predicted molar refractivity (Wildman–Crippen MR) is 110 cm³/mol. The van der Waals surface area contributed by atoms with Gasteiger partial charge in [0.05, 0.1) is 11.1 Å². The summed E-state index contributed by atoms with van der Waals surface area (Å²) in [4.78, 5) is 21.9. The molecule has 0 saturated carbocycles. The van der Waals surface area contributed by atoms with Crippen molar-refractivity contribution in [1.29, 1.82) is 0 Å². The standard InChI is InChI=1S/C21H33N3O3/c1-2-3-4-5-6-7-8-9-10-11-12-13-21(25)23-22-18-19-14-16-20(17-15-19)24(26)27/h14-18H,2-13H2,1H3,(H,23,25). The highest BCUT2D eigenvalue weighted by Gasteiger charge is 2.03. The number of nitrogens with one attached hydrogen (secondary N) is 1. The van der Waals surface area contributed by atoms with Crippen LogP contribution in [0, 0.1) is 10.1 Å². The summed E-state index contributed by atoms with van der Waals surface area (Å²) in [6.45, 7) is 2.24. The van der Waals surface area contributed by atoms with Gasteiger partial charge in [0.25, 0.3) is 5.69 Å².